The Hall–Kier alpha value is -2.24. The molecule has 1 aromatic carbocycles. The second-order valence-corrected chi connectivity index (χ2v) is 8.74. The van der Waals surface area contributed by atoms with E-state index in [9.17, 15) is 4.79 Å². The highest BCUT2D eigenvalue weighted by Gasteiger charge is 2.22. The van der Waals surface area contributed by atoms with Gasteiger partial charge in [-0.25, -0.2) is 4.98 Å². The third kappa shape index (κ3) is 3.75. The standard InChI is InChI=1S/C22H25N3OS/c1-14(2)21-23-19-10-11-25(13-18(19)22(26)24-21)12-16-8-9-20(27-16)17-7-5-4-6-15(17)3/h4-9,14H,10-13H2,1-3H3,(H,23,24,26). The van der Waals surface area contributed by atoms with Crippen LogP contribution in [0.3, 0.4) is 0 Å². The lowest BCUT2D eigenvalue weighted by Gasteiger charge is -2.27. The van der Waals surface area contributed by atoms with Gasteiger partial charge in [0, 0.05) is 41.7 Å². The number of nitrogens with one attached hydrogen (secondary N) is 1. The maximum atomic E-state index is 12.5. The summed E-state index contributed by atoms with van der Waals surface area (Å²) in [6.45, 7) is 8.76. The highest BCUT2D eigenvalue weighted by molar-refractivity contribution is 7.15. The van der Waals surface area contributed by atoms with Crippen LogP contribution in [0.25, 0.3) is 10.4 Å². The smallest absolute Gasteiger partial charge is 0.255 e. The van der Waals surface area contributed by atoms with Gasteiger partial charge in [-0.3, -0.25) is 9.69 Å². The molecule has 1 N–H and O–H groups in total. The van der Waals surface area contributed by atoms with Crippen LogP contribution in [0.15, 0.2) is 41.2 Å². The van der Waals surface area contributed by atoms with Crippen LogP contribution in [0.4, 0.5) is 0 Å². The number of H-pyrrole nitrogens is 1. The van der Waals surface area contributed by atoms with Crippen LogP contribution in [0, 0.1) is 6.92 Å². The first-order chi connectivity index (χ1) is 13.0. The molecule has 1 aliphatic rings. The van der Waals surface area contributed by atoms with Gasteiger partial charge in [-0.2, -0.15) is 0 Å². The molecule has 3 aromatic rings. The Balaban J connectivity index is 1.51. The van der Waals surface area contributed by atoms with E-state index in [1.165, 1.54) is 20.9 Å². The molecular weight excluding hydrogens is 354 g/mol. The van der Waals surface area contributed by atoms with Gasteiger partial charge in [0.25, 0.3) is 5.56 Å². The summed E-state index contributed by atoms with van der Waals surface area (Å²) in [4.78, 5) is 25.1. The molecule has 0 unspecified atom stereocenters. The Morgan fingerprint density at radius 1 is 1.22 bits per heavy atom. The normalized spacial score (nSPS) is 14.5. The van der Waals surface area contributed by atoms with Crippen molar-refractivity contribution in [3.05, 3.63) is 74.3 Å². The maximum absolute atomic E-state index is 12.5. The van der Waals surface area contributed by atoms with E-state index in [1.807, 2.05) is 11.3 Å². The Labute approximate surface area is 163 Å². The van der Waals surface area contributed by atoms with Gasteiger partial charge in [0.15, 0.2) is 0 Å². The van der Waals surface area contributed by atoms with Gasteiger partial charge in [0.1, 0.15) is 5.82 Å². The highest BCUT2D eigenvalue weighted by atomic mass is 32.1. The van der Waals surface area contributed by atoms with Crippen LogP contribution in [-0.4, -0.2) is 21.4 Å². The van der Waals surface area contributed by atoms with Gasteiger partial charge >= 0.3 is 0 Å². The number of rotatable bonds is 4. The molecule has 1 aliphatic heterocycles. The van der Waals surface area contributed by atoms with Gasteiger partial charge in [0.05, 0.1) is 11.3 Å². The van der Waals surface area contributed by atoms with Gasteiger partial charge in [-0.15, -0.1) is 11.3 Å². The Bertz CT molecular complexity index is 1020. The fourth-order valence-corrected chi connectivity index (χ4v) is 4.73. The summed E-state index contributed by atoms with van der Waals surface area (Å²) in [5.74, 6) is 1.04. The first-order valence-electron chi connectivity index (χ1n) is 9.50. The minimum Gasteiger partial charge on any atom is -0.310 e. The van der Waals surface area contributed by atoms with Gasteiger partial charge in [-0.1, -0.05) is 38.1 Å². The third-order valence-corrected chi connectivity index (χ3v) is 6.27. The number of fused-ring (bicyclic) bond motifs is 1. The maximum Gasteiger partial charge on any atom is 0.255 e. The summed E-state index contributed by atoms with van der Waals surface area (Å²) < 4.78 is 0. The molecule has 140 valence electrons. The van der Waals surface area contributed by atoms with E-state index < -0.39 is 0 Å². The SMILES string of the molecule is Cc1ccccc1-c1ccc(CN2CCc3nc(C(C)C)[nH]c(=O)c3C2)s1. The Morgan fingerprint density at radius 3 is 2.81 bits per heavy atom. The zero-order chi connectivity index (χ0) is 19.0. The van der Waals surface area contributed by atoms with E-state index in [0.717, 1.165) is 36.6 Å². The van der Waals surface area contributed by atoms with Crippen LogP contribution < -0.4 is 5.56 Å². The molecule has 3 heterocycles. The predicted octanol–water partition coefficient (Wildman–Crippen LogP) is 4.49. The summed E-state index contributed by atoms with van der Waals surface area (Å²) in [6, 6.07) is 12.9. The fourth-order valence-electron chi connectivity index (χ4n) is 3.59. The number of hydrogen-bond donors (Lipinski definition) is 1. The van der Waals surface area contributed by atoms with Gasteiger partial charge in [-0.05, 0) is 30.2 Å². The molecule has 0 aliphatic carbocycles. The number of nitrogens with zero attached hydrogens (tertiary/aromatic N) is 2. The number of aryl methyl sites for hydroxylation is 1. The van der Waals surface area contributed by atoms with Gasteiger partial charge in [0.2, 0.25) is 0 Å². The van der Waals surface area contributed by atoms with Crippen molar-refractivity contribution in [1.29, 1.82) is 0 Å². The first kappa shape index (κ1) is 18.1. The van der Waals surface area contributed by atoms with Crippen molar-refractivity contribution in [1.82, 2.24) is 14.9 Å². The van der Waals surface area contributed by atoms with E-state index in [1.54, 1.807) is 0 Å². The van der Waals surface area contributed by atoms with E-state index in [4.69, 9.17) is 0 Å². The van der Waals surface area contributed by atoms with Crippen molar-refractivity contribution in [2.45, 2.75) is 46.2 Å². The molecule has 0 bridgehead atoms. The monoisotopic (exact) mass is 379 g/mol. The molecule has 0 saturated heterocycles. The zero-order valence-corrected chi connectivity index (χ0v) is 16.9. The zero-order valence-electron chi connectivity index (χ0n) is 16.1. The molecule has 0 fully saturated rings. The molecular formula is C22H25N3OS. The van der Waals surface area contributed by atoms with Crippen molar-refractivity contribution in [3.8, 4) is 10.4 Å². The van der Waals surface area contributed by atoms with E-state index >= 15 is 0 Å². The van der Waals surface area contributed by atoms with Crippen LogP contribution in [0.2, 0.25) is 0 Å². The number of aromatic amines is 1. The van der Waals surface area contributed by atoms with Crippen molar-refractivity contribution in [3.63, 3.8) is 0 Å². The molecule has 0 atom stereocenters. The van der Waals surface area contributed by atoms with Crippen molar-refractivity contribution in [2.24, 2.45) is 0 Å². The van der Waals surface area contributed by atoms with E-state index in [0.29, 0.717) is 6.54 Å². The van der Waals surface area contributed by atoms with Crippen molar-refractivity contribution in [2.75, 3.05) is 6.54 Å². The van der Waals surface area contributed by atoms with Crippen molar-refractivity contribution < 1.29 is 0 Å². The topological polar surface area (TPSA) is 49.0 Å². The summed E-state index contributed by atoms with van der Waals surface area (Å²) in [5.41, 5.74) is 4.45. The first-order valence-corrected chi connectivity index (χ1v) is 10.3. The lowest BCUT2D eigenvalue weighted by atomic mass is 10.1. The fraction of sp³-hybridized carbons (Fsp3) is 0.364. The summed E-state index contributed by atoms with van der Waals surface area (Å²) in [7, 11) is 0. The molecule has 4 nitrogen and oxygen atoms in total. The quantitative estimate of drug-likeness (QED) is 0.727. The summed E-state index contributed by atoms with van der Waals surface area (Å²) in [5, 5.41) is 0. The van der Waals surface area contributed by atoms with Gasteiger partial charge < -0.3 is 4.98 Å². The number of thiophene rings is 1. The largest absolute Gasteiger partial charge is 0.310 e. The minimum absolute atomic E-state index is 0.0279. The average molecular weight is 380 g/mol. The second-order valence-electron chi connectivity index (χ2n) is 7.57. The Kier molecular flexibility index (Phi) is 4.98. The molecule has 0 saturated carbocycles. The summed E-state index contributed by atoms with van der Waals surface area (Å²) in [6.07, 6.45) is 0.842. The predicted molar refractivity (Wildman–Crippen MR) is 111 cm³/mol. The molecule has 4 rings (SSSR count). The molecule has 2 aromatic heterocycles. The van der Waals surface area contributed by atoms with E-state index in [2.05, 4.69) is 72.0 Å². The number of benzene rings is 1. The van der Waals surface area contributed by atoms with E-state index in [-0.39, 0.29) is 11.5 Å². The number of aromatic nitrogens is 2. The Morgan fingerprint density at radius 2 is 2.04 bits per heavy atom. The molecule has 27 heavy (non-hydrogen) atoms. The minimum atomic E-state index is 0.0279. The molecule has 0 amide bonds. The van der Waals surface area contributed by atoms with Crippen LogP contribution >= 0.6 is 11.3 Å². The lowest BCUT2D eigenvalue weighted by molar-refractivity contribution is 0.243. The third-order valence-electron chi connectivity index (χ3n) is 5.16. The lowest BCUT2D eigenvalue weighted by Crippen LogP contribution is -2.35. The van der Waals surface area contributed by atoms with Crippen LogP contribution in [0.1, 0.15) is 47.3 Å². The number of hydrogen-bond acceptors (Lipinski definition) is 4. The molecule has 0 spiro atoms. The summed E-state index contributed by atoms with van der Waals surface area (Å²) >= 11 is 1.84. The van der Waals surface area contributed by atoms with Crippen LogP contribution in [0.5, 0.6) is 0 Å². The average Bonchev–Trinajstić information content (AvgIpc) is 3.10. The molecule has 0 radical (unpaired) electrons. The highest BCUT2D eigenvalue weighted by Crippen LogP contribution is 2.31. The second kappa shape index (κ2) is 7.41. The van der Waals surface area contributed by atoms with Crippen LogP contribution in [-0.2, 0) is 19.5 Å². The molecule has 5 heteroatoms. The van der Waals surface area contributed by atoms with Crippen molar-refractivity contribution >= 4 is 11.3 Å².